The van der Waals surface area contributed by atoms with E-state index in [1.54, 1.807) is 0 Å². The minimum absolute atomic E-state index is 0.0209. The summed E-state index contributed by atoms with van der Waals surface area (Å²) in [6.07, 6.45) is 0.714. The van der Waals surface area contributed by atoms with Gasteiger partial charge in [-0.2, -0.15) is 5.10 Å². The minimum Gasteiger partial charge on any atom is -0.329 e. The summed E-state index contributed by atoms with van der Waals surface area (Å²) in [6, 6.07) is 2.00. The summed E-state index contributed by atoms with van der Waals surface area (Å²) < 4.78 is 27.0. The molecule has 7 heteroatoms. The average molecular weight is 260 g/mol. The maximum absolute atomic E-state index is 11.3. The summed E-state index contributed by atoms with van der Waals surface area (Å²) in [5, 5.41) is 4.30. The first-order chi connectivity index (χ1) is 7.94. The van der Waals surface area contributed by atoms with Crippen LogP contribution in [-0.2, 0) is 16.6 Å². The van der Waals surface area contributed by atoms with Gasteiger partial charge in [0.2, 0.25) is 10.0 Å². The quantitative estimate of drug-likeness (QED) is 0.663. The predicted octanol–water partition coefficient (Wildman–Crippen LogP) is -0.232. The molecule has 1 aromatic rings. The van der Waals surface area contributed by atoms with Gasteiger partial charge in [-0.1, -0.05) is 0 Å². The molecule has 0 aliphatic carbocycles. The predicted molar refractivity (Wildman–Crippen MR) is 67.2 cm³/mol. The Hall–Kier alpha value is -0.920. The molecular formula is C10H20N4O2S. The molecule has 0 aliphatic heterocycles. The first kappa shape index (κ1) is 14.1. The van der Waals surface area contributed by atoms with Gasteiger partial charge in [0, 0.05) is 25.3 Å². The monoisotopic (exact) mass is 260 g/mol. The van der Waals surface area contributed by atoms with Gasteiger partial charge in [0.05, 0.1) is 11.4 Å². The van der Waals surface area contributed by atoms with Crippen LogP contribution >= 0.6 is 0 Å². The lowest BCUT2D eigenvalue weighted by Crippen LogP contribution is -2.31. The molecular weight excluding hydrogens is 240 g/mol. The Morgan fingerprint density at radius 2 is 2.18 bits per heavy atom. The second-order valence-corrected chi connectivity index (χ2v) is 5.93. The molecule has 0 fully saturated rings. The molecule has 0 unspecified atom stereocenters. The highest BCUT2D eigenvalue weighted by Gasteiger charge is 2.07. The number of nitrogens with one attached hydrogen (secondary N) is 1. The van der Waals surface area contributed by atoms with Crippen LogP contribution in [0.15, 0.2) is 6.07 Å². The Morgan fingerprint density at radius 3 is 2.71 bits per heavy atom. The van der Waals surface area contributed by atoms with E-state index in [-0.39, 0.29) is 12.3 Å². The second kappa shape index (κ2) is 6.13. The van der Waals surface area contributed by atoms with Gasteiger partial charge in [0.1, 0.15) is 0 Å². The third-order valence-electron chi connectivity index (χ3n) is 2.36. The fraction of sp³-hybridized carbons (Fsp3) is 0.700. The van der Waals surface area contributed by atoms with Crippen molar-refractivity contribution < 1.29 is 8.42 Å². The van der Waals surface area contributed by atoms with Crippen molar-refractivity contribution in [3.63, 3.8) is 0 Å². The molecule has 6 nitrogen and oxygen atoms in total. The first-order valence-electron chi connectivity index (χ1n) is 5.63. The zero-order valence-corrected chi connectivity index (χ0v) is 11.1. The van der Waals surface area contributed by atoms with Crippen molar-refractivity contribution in [2.24, 2.45) is 5.73 Å². The van der Waals surface area contributed by atoms with Gasteiger partial charge < -0.3 is 5.73 Å². The fourth-order valence-corrected chi connectivity index (χ4v) is 2.50. The molecule has 3 N–H and O–H groups in total. The lowest BCUT2D eigenvalue weighted by atomic mass is 10.4. The number of nitrogens with two attached hydrogens (primary N) is 1. The molecule has 0 aliphatic rings. The summed E-state index contributed by atoms with van der Waals surface area (Å²) in [4.78, 5) is 0. The lowest BCUT2D eigenvalue weighted by Gasteiger charge is -2.06. The number of nitrogens with zero attached hydrogens (tertiary/aromatic N) is 2. The van der Waals surface area contributed by atoms with Crippen molar-refractivity contribution in [2.45, 2.75) is 26.8 Å². The van der Waals surface area contributed by atoms with E-state index in [1.807, 2.05) is 24.6 Å². The van der Waals surface area contributed by atoms with Gasteiger partial charge in [-0.25, -0.2) is 13.1 Å². The van der Waals surface area contributed by atoms with E-state index >= 15 is 0 Å². The molecule has 0 bridgehead atoms. The van der Waals surface area contributed by atoms with Crippen molar-refractivity contribution in [1.82, 2.24) is 14.5 Å². The van der Waals surface area contributed by atoms with Crippen LogP contribution in [0.5, 0.6) is 0 Å². The number of sulfonamides is 1. The van der Waals surface area contributed by atoms with Gasteiger partial charge in [0.15, 0.2) is 0 Å². The average Bonchev–Trinajstić information content (AvgIpc) is 2.52. The second-order valence-electron chi connectivity index (χ2n) is 4.01. The van der Waals surface area contributed by atoms with Gasteiger partial charge >= 0.3 is 0 Å². The van der Waals surface area contributed by atoms with Crippen molar-refractivity contribution in [3.05, 3.63) is 17.5 Å². The van der Waals surface area contributed by atoms with Gasteiger partial charge in [-0.05, 0) is 26.3 Å². The largest absolute Gasteiger partial charge is 0.329 e. The maximum atomic E-state index is 11.3. The number of hydrogen-bond donors (Lipinski definition) is 2. The Labute approximate surface area is 102 Å². The van der Waals surface area contributed by atoms with E-state index in [9.17, 15) is 8.42 Å². The summed E-state index contributed by atoms with van der Waals surface area (Å²) >= 11 is 0. The summed E-state index contributed by atoms with van der Waals surface area (Å²) in [5.41, 5.74) is 7.27. The Bertz CT molecular complexity index is 453. The van der Waals surface area contributed by atoms with Crippen LogP contribution in [0.1, 0.15) is 17.8 Å². The van der Waals surface area contributed by atoms with Crippen LogP contribution in [0.25, 0.3) is 0 Å². The van der Waals surface area contributed by atoms with E-state index in [2.05, 4.69) is 9.82 Å². The van der Waals surface area contributed by atoms with E-state index < -0.39 is 10.0 Å². The molecule has 0 saturated heterocycles. The smallest absolute Gasteiger partial charge is 0.212 e. The highest BCUT2D eigenvalue weighted by molar-refractivity contribution is 7.89. The first-order valence-corrected chi connectivity index (χ1v) is 7.28. The molecule has 0 atom stereocenters. The third-order valence-corrected chi connectivity index (χ3v) is 3.78. The highest BCUT2D eigenvalue weighted by atomic mass is 32.2. The normalized spacial score (nSPS) is 11.9. The van der Waals surface area contributed by atoms with E-state index in [0.29, 0.717) is 19.5 Å². The number of rotatable bonds is 7. The lowest BCUT2D eigenvalue weighted by molar-refractivity contribution is 0.544. The molecule has 1 rings (SSSR count). The fourth-order valence-electron chi connectivity index (χ4n) is 1.59. The van der Waals surface area contributed by atoms with Gasteiger partial charge in [-0.3, -0.25) is 4.68 Å². The standard InChI is InChI=1S/C10H20N4O2S/c1-9-8-10(2)14(13-9)6-3-5-12-17(15,16)7-4-11/h8,12H,3-7,11H2,1-2H3. The SMILES string of the molecule is Cc1cc(C)n(CCCNS(=O)(=O)CCN)n1. The zero-order valence-electron chi connectivity index (χ0n) is 10.3. The minimum atomic E-state index is -3.20. The molecule has 0 amide bonds. The number of aromatic nitrogens is 2. The molecule has 0 radical (unpaired) electrons. The van der Waals surface area contributed by atoms with Crippen LogP contribution in [0.2, 0.25) is 0 Å². The van der Waals surface area contributed by atoms with Crippen LogP contribution in [0.3, 0.4) is 0 Å². The van der Waals surface area contributed by atoms with Crippen LogP contribution in [0.4, 0.5) is 0 Å². The molecule has 98 valence electrons. The highest BCUT2D eigenvalue weighted by Crippen LogP contribution is 2.02. The van der Waals surface area contributed by atoms with Crippen LogP contribution in [0, 0.1) is 13.8 Å². The third kappa shape index (κ3) is 4.84. The van der Waals surface area contributed by atoms with Crippen LogP contribution < -0.4 is 10.5 Å². The van der Waals surface area contributed by atoms with E-state index in [0.717, 1.165) is 11.4 Å². The van der Waals surface area contributed by atoms with E-state index in [4.69, 9.17) is 5.73 Å². The number of aryl methyl sites for hydroxylation is 3. The van der Waals surface area contributed by atoms with Crippen LogP contribution in [-0.4, -0.2) is 37.0 Å². The summed E-state index contributed by atoms with van der Waals surface area (Å²) in [6.45, 7) is 5.20. The summed E-state index contributed by atoms with van der Waals surface area (Å²) in [5.74, 6) is -0.0209. The topological polar surface area (TPSA) is 90.0 Å². The molecule has 0 aromatic carbocycles. The maximum Gasteiger partial charge on any atom is 0.212 e. The van der Waals surface area contributed by atoms with Gasteiger partial charge in [-0.15, -0.1) is 0 Å². The van der Waals surface area contributed by atoms with Crippen molar-refractivity contribution in [3.8, 4) is 0 Å². The molecule has 0 saturated carbocycles. The van der Waals surface area contributed by atoms with Crippen molar-refractivity contribution >= 4 is 10.0 Å². The summed E-state index contributed by atoms with van der Waals surface area (Å²) in [7, 11) is -3.20. The van der Waals surface area contributed by atoms with Crippen molar-refractivity contribution in [2.75, 3.05) is 18.8 Å². The zero-order chi connectivity index (χ0) is 12.9. The molecule has 1 aromatic heterocycles. The number of hydrogen-bond acceptors (Lipinski definition) is 4. The van der Waals surface area contributed by atoms with Crippen molar-refractivity contribution in [1.29, 1.82) is 0 Å². The Kier molecular flexibility index (Phi) is 5.10. The van der Waals surface area contributed by atoms with E-state index in [1.165, 1.54) is 0 Å². The molecule has 0 spiro atoms. The Morgan fingerprint density at radius 1 is 1.47 bits per heavy atom. The Balaban J connectivity index is 2.32. The molecule has 1 heterocycles. The molecule has 17 heavy (non-hydrogen) atoms. The van der Waals surface area contributed by atoms with Gasteiger partial charge in [0.25, 0.3) is 0 Å².